The van der Waals surface area contributed by atoms with Gasteiger partial charge in [0.25, 0.3) is 0 Å². The summed E-state index contributed by atoms with van der Waals surface area (Å²) in [5, 5.41) is 23.4. The molecule has 0 saturated carbocycles. The molecule has 0 spiro atoms. The zero-order chi connectivity index (χ0) is 20.1. The van der Waals surface area contributed by atoms with Crippen molar-refractivity contribution in [3.05, 3.63) is 64.3 Å². The van der Waals surface area contributed by atoms with Crippen molar-refractivity contribution in [1.82, 2.24) is 15.3 Å². The zero-order valence-corrected chi connectivity index (χ0v) is 16.1. The van der Waals surface area contributed by atoms with Gasteiger partial charge >= 0.3 is 5.69 Å². The van der Waals surface area contributed by atoms with Crippen LogP contribution in [0.4, 0.5) is 17.5 Å². The van der Waals surface area contributed by atoms with Gasteiger partial charge in [-0.25, -0.2) is 4.98 Å². The fourth-order valence-corrected chi connectivity index (χ4v) is 3.67. The lowest BCUT2D eigenvalue weighted by atomic mass is 9.98. The van der Waals surface area contributed by atoms with Gasteiger partial charge in [0.05, 0.1) is 4.92 Å². The number of rotatable bonds is 7. The highest BCUT2D eigenvalue weighted by Crippen LogP contribution is 2.24. The van der Waals surface area contributed by atoms with Crippen molar-refractivity contribution >= 4 is 28.2 Å². The Kier molecular flexibility index (Phi) is 5.81. The van der Waals surface area contributed by atoms with Crippen LogP contribution in [-0.4, -0.2) is 34.5 Å². The van der Waals surface area contributed by atoms with Crippen LogP contribution in [0.2, 0.25) is 0 Å². The molecule has 0 bridgehead atoms. The lowest BCUT2D eigenvalue weighted by molar-refractivity contribution is -0.384. The van der Waals surface area contributed by atoms with Gasteiger partial charge in [-0.1, -0.05) is 42.5 Å². The zero-order valence-electron chi connectivity index (χ0n) is 16.1. The topological polar surface area (TPSA) is 105 Å². The van der Waals surface area contributed by atoms with E-state index in [0.29, 0.717) is 25.0 Å². The number of hydrogen-bond donors (Lipinski definition) is 3. The van der Waals surface area contributed by atoms with Gasteiger partial charge in [0.1, 0.15) is 6.20 Å². The Hall–Kier alpha value is -3.26. The standard InChI is InChI=1S/C21H24N6O2/c28-27(29)19-14-25-21(26-20(19)23-12-15-8-10-22-11-9-15)24-13-17-6-3-5-16-4-1-2-7-18(16)17/h1-7,14-15,22H,8-13H2,(H2,23,24,25,26). The Morgan fingerprint density at radius 3 is 2.72 bits per heavy atom. The predicted octanol–water partition coefficient (Wildman–Crippen LogP) is 3.56. The van der Waals surface area contributed by atoms with Crippen LogP contribution in [0.15, 0.2) is 48.7 Å². The van der Waals surface area contributed by atoms with Crippen LogP contribution in [0.3, 0.4) is 0 Å². The van der Waals surface area contributed by atoms with Crippen molar-refractivity contribution in [3.63, 3.8) is 0 Å². The number of nitrogens with zero attached hydrogens (tertiary/aromatic N) is 3. The summed E-state index contributed by atoms with van der Waals surface area (Å²) in [6.45, 7) is 3.17. The Balaban J connectivity index is 1.49. The van der Waals surface area contributed by atoms with E-state index >= 15 is 0 Å². The molecule has 4 rings (SSSR count). The minimum absolute atomic E-state index is 0.102. The number of benzene rings is 2. The molecule has 0 amide bonds. The molecular weight excluding hydrogens is 368 g/mol. The summed E-state index contributed by atoms with van der Waals surface area (Å²) in [5.41, 5.74) is 1.02. The molecular formula is C21H24N6O2. The normalized spacial score (nSPS) is 14.6. The van der Waals surface area contributed by atoms with Crippen molar-refractivity contribution in [3.8, 4) is 0 Å². The molecule has 3 aromatic rings. The molecule has 1 fully saturated rings. The van der Waals surface area contributed by atoms with Crippen molar-refractivity contribution in [2.75, 3.05) is 30.3 Å². The van der Waals surface area contributed by atoms with Gasteiger partial charge in [-0.15, -0.1) is 0 Å². The number of aromatic nitrogens is 2. The Morgan fingerprint density at radius 2 is 1.90 bits per heavy atom. The molecule has 0 atom stereocenters. The summed E-state index contributed by atoms with van der Waals surface area (Å²) in [4.78, 5) is 19.4. The van der Waals surface area contributed by atoms with E-state index in [1.54, 1.807) is 0 Å². The Labute approximate surface area is 168 Å². The molecule has 1 aliphatic heterocycles. The second-order valence-electron chi connectivity index (χ2n) is 7.25. The van der Waals surface area contributed by atoms with Gasteiger partial charge in [-0.05, 0) is 48.2 Å². The summed E-state index contributed by atoms with van der Waals surface area (Å²) in [7, 11) is 0. The van der Waals surface area contributed by atoms with Gasteiger partial charge in [0, 0.05) is 13.1 Å². The molecule has 1 saturated heterocycles. The van der Waals surface area contributed by atoms with E-state index in [0.717, 1.165) is 36.9 Å². The molecule has 8 heteroatoms. The third-order valence-electron chi connectivity index (χ3n) is 5.30. The first kappa shape index (κ1) is 19.1. The molecule has 1 aromatic heterocycles. The summed E-state index contributed by atoms with van der Waals surface area (Å²) >= 11 is 0. The van der Waals surface area contributed by atoms with Crippen LogP contribution in [-0.2, 0) is 6.54 Å². The van der Waals surface area contributed by atoms with Crippen molar-refractivity contribution < 1.29 is 4.92 Å². The van der Waals surface area contributed by atoms with Crippen LogP contribution < -0.4 is 16.0 Å². The highest BCUT2D eigenvalue weighted by atomic mass is 16.6. The Morgan fingerprint density at radius 1 is 1.10 bits per heavy atom. The molecule has 2 heterocycles. The van der Waals surface area contributed by atoms with Gasteiger partial charge in [-0.2, -0.15) is 4.98 Å². The number of nitrogens with one attached hydrogen (secondary N) is 3. The first-order valence-corrected chi connectivity index (χ1v) is 9.87. The third kappa shape index (κ3) is 4.60. The van der Waals surface area contributed by atoms with Crippen molar-refractivity contribution in [2.45, 2.75) is 19.4 Å². The lowest BCUT2D eigenvalue weighted by Gasteiger charge is -2.22. The van der Waals surface area contributed by atoms with Gasteiger partial charge in [-0.3, -0.25) is 10.1 Å². The molecule has 0 aliphatic carbocycles. The van der Waals surface area contributed by atoms with Crippen LogP contribution >= 0.6 is 0 Å². The summed E-state index contributed by atoms with van der Waals surface area (Å²) in [6, 6.07) is 14.3. The quantitative estimate of drug-likeness (QED) is 0.417. The minimum Gasteiger partial charge on any atom is -0.364 e. The van der Waals surface area contributed by atoms with Gasteiger partial charge < -0.3 is 16.0 Å². The van der Waals surface area contributed by atoms with Crippen molar-refractivity contribution in [1.29, 1.82) is 0 Å². The number of fused-ring (bicyclic) bond motifs is 1. The highest BCUT2D eigenvalue weighted by Gasteiger charge is 2.19. The minimum atomic E-state index is -0.445. The molecule has 1 aliphatic rings. The number of hydrogen-bond acceptors (Lipinski definition) is 7. The largest absolute Gasteiger partial charge is 0.364 e. The van der Waals surface area contributed by atoms with Crippen LogP contribution in [0.1, 0.15) is 18.4 Å². The molecule has 150 valence electrons. The molecule has 3 N–H and O–H groups in total. The number of piperidine rings is 1. The van der Waals surface area contributed by atoms with Crippen molar-refractivity contribution in [2.24, 2.45) is 5.92 Å². The second-order valence-corrected chi connectivity index (χ2v) is 7.25. The monoisotopic (exact) mass is 392 g/mol. The second kappa shape index (κ2) is 8.83. The fourth-order valence-electron chi connectivity index (χ4n) is 3.67. The maximum Gasteiger partial charge on any atom is 0.329 e. The van der Waals surface area contributed by atoms with Gasteiger partial charge in [0.2, 0.25) is 11.8 Å². The smallest absolute Gasteiger partial charge is 0.329 e. The molecule has 2 aromatic carbocycles. The molecule has 0 radical (unpaired) electrons. The van der Waals surface area contributed by atoms with E-state index < -0.39 is 4.92 Å². The van der Waals surface area contributed by atoms with E-state index in [2.05, 4.69) is 50.2 Å². The van der Waals surface area contributed by atoms with E-state index in [1.165, 1.54) is 11.6 Å². The number of nitro groups is 1. The first-order valence-electron chi connectivity index (χ1n) is 9.87. The molecule has 8 nitrogen and oxygen atoms in total. The van der Waals surface area contributed by atoms with E-state index in [1.807, 2.05) is 18.2 Å². The van der Waals surface area contributed by atoms with Crippen LogP contribution in [0.25, 0.3) is 10.8 Å². The van der Waals surface area contributed by atoms with E-state index in [-0.39, 0.29) is 11.5 Å². The average Bonchev–Trinajstić information content (AvgIpc) is 2.77. The van der Waals surface area contributed by atoms with E-state index in [4.69, 9.17) is 0 Å². The summed E-state index contributed by atoms with van der Waals surface area (Å²) in [5.74, 6) is 1.12. The summed E-state index contributed by atoms with van der Waals surface area (Å²) in [6.07, 6.45) is 3.37. The van der Waals surface area contributed by atoms with Crippen LogP contribution in [0, 0.1) is 16.0 Å². The fraction of sp³-hybridized carbons (Fsp3) is 0.333. The highest BCUT2D eigenvalue weighted by molar-refractivity contribution is 5.85. The third-order valence-corrected chi connectivity index (χ3v) is 5.30. The Bertz CT molecular complexity index is 998. The average molecular weight is 392 g/mol. The maximum atomic E-state index is 11.4. The number of anilines is 2. The molecule has 0 unspecified atom stereocenters. The predicted molar refractivity (Wildman–Crippen MR) is 114 cm³/mol. The summed E-state index contributed by atoms with van der Waals surface area (Å²) < 4.78 is 0. The SMILES string of the molecule is O=[N+]([O-])c1cnc(NCc2cccc3ccccc23)nc1NCC1CCNCC1. The van der Waals surface area contributed by atoms with E-state index in [9.17, 15) is 10.1 Å². The lowest BCUT2D eigenvalue weighted by Crippen LogP contribution is -2.31. The van der Waals surface area contributed by atoms with Crippen LogP contribution in [0.5, 0.6) is 0 Å². The molecule has 29 heavy (non-hydrogen) atoms. The maximum absolute atomic E-state index is 11.4. The van der Waals surface area contributed by atoms with Gasteiger partial charge in [0.15, 0.2) is 0 Å². The first-order chi connectivity index (χ1) is 14.2.